The maximum atomic E-state index is 13.1. The van der Waals surface area contributed by atoms with Gasteiger partial charge in [0.1, 0.15) is 23.3 Å². The lowest BCUT2D eigenvalue weighted by molar-refractivity contribution is 0.152. The molecule has 21 heavy (non-hydrogen) atoms. The van der Waals surface area contributed by atoms with Crippen molar-refractivity contribution in [1.82, 2.24) is 0 Å². The van der Waals surface area contributed by atoms with E-state index in [1.165, 1.54) is 12.1 Å². The highest BCUT2D eigenvalue weighted by Gasteiger charge is 2.15. The minimum absolute atomic E-state index is 0.0555. The molecule has 0 radical (unpaired) electrons. The van der Waals surface area contributed by atoms with Crippen molar-refractivity contribution < 1.29 is 13.9 Å². The summed E-state index contributed by atoms with van der Waals surface area (Å²) >= 11 is 5.74. The van der Waals surface area contributed by atoms with Crippen LogP contribution in [0.4, 0.5) is 4.39 Å². The minimum atomic E-state index is -0.792. The van der Waals surface area contributed by atoms with Crippen LogP contribution < -0.4 is 0 Å². The van der Waals surface area contributed by atoms with Crippen LogP contribution in [0.5, 0.6) is 0 Å². The van der Waals surface area contributed by atoms with E-state index in [0.717, 1.165) is 22.1 Å². The molecule has 0 saturated carbocycles. The van der Waals surface area contributed by atoms with Gasteiger partial charge in [-0.05, 0) is 42.8 Å². The third-order valence-electron chi connectivity index (χ3n) is 3.43. The molecule has 3 rings (SSSR count). The zero-order valence-electron chi connectivity index (χ0n) is 11.4. The first-order valence-electron chi connectivity index (χ1n) is 6.65. The summed E-state index contributed by atoms with van der Waals surface area (Å²) in [5, 5.41) is 11.3. The van der Waals surface area contributed by atoms with Gasteiger partial charge in [0.2, 0.25) is 0 Å². The number of aliphatic hydroxyl groups is 1. The van der Waals surface area contributed by atoms with Gasteiger partial charge < -0.3 is 9.52 Å². The van der Waals surface area contributed by atoms with Crippen molar-refractivity contribution in [3.8, 4) is 0 Å². The van der Waals surface area contributed by atoms with Gasteiger partial charge >= 0.3 is 0 Å². The zero-order valence-corrected chi connectivity index (χ0v) is 12.2. The van der Waals surface area contributed by atoms with Gasteiger partial charge in [0.05, 0.1) is 5.02 Å². The molecule has 108 valence electrons. The Hall–Kier alpha value is -1.84. The highest BCUT2D eigenvalue weighted by Crippen LogP contribution is 2.27. The topological polar surface area (TPSA) is 33.4 Å². The molecule has 0 aliphatic carbocycles. The van der Waals surface area contributed by atoms with Crippen LogP contribution in [0, 0.1) is 12.7 Å². The van der Waals surface area contributed by atoms with Crippen LogP contribution in [-0.4, -0.2) is 5.11 Å². The molecule has 1 aromatic heterocycles. The van der Waals surface area contributed by atoms with Gasteiger partial charge in [0.15, 0.2) is 0 Å². The van der Waals surface area contributed by atoms with Gasteiger partial charge in [-0.25, -0.2) is 4.39 Å². The lowest BCUT2D eigenvalue weighted by atomic mass is 10.1. The molecule has 0 aliphatic heterocycles. The van der Waals surface area contributed by atoms with Crippen LogP contribution in [0.1, 0.15) is 23.0 Å². The summed E-state index contributed by atoms with van der Waals surface area (Å²) in [7, 11) is 0. The number of benzene rings is 2. The van der Waals surface area contributed by atoms with Crippen LogP contribution in [0.25, 0.3) is 11.0 Å². The molecule has 1 N–H and O–H groups in total. The first-order chi connectivity index (χ1) is 10.0. The lowest BCUT2D eigenvalue weighted by Crippen LogP contribution is -2.00. The Labute approximate surface area is 126 Å². The van der Waals surface area contributed by atoms with Crippen LogP contribution in [0.3, 0.4) is 0 Å². The molecule has 0 aliphatic rings. The molecule has 0 spiro atoms. The van der Waals surface area contributed by atoms with Gasteiger partial charge in [-0.2, -0.15) is 0 Å². The molecule has 3 aromatic rings. The fraction of sp³-hybridized carbons (Fsp3) is 0.176. The van der Waals surface area contributed by atoms with Crippen molar-refractivity contribution in [2.45, 2.75) is 19.4 Å². The predicted molar refractivity (Wildman–Crippen MR) is 81.0 cm³/mol. The smallest absolute Gasteiger partial charge is 0.141 e. The molecule has 4 heteroatoms. The molecule has 2 aromatic carbocycles. The van der Waals surface area contributed by atoms with Crippen LogP contribution in [-0.2, 0) is 6.42 Å². The summed E-state index contributed by atoms with van der Waals surface area (Å²) < 4.78 is 18.8. The SMILES string of the molecule is Cc1ccc2oc(C(O)Cc3ccc(F)c(Cl)c3)cc2c1. The summed E-state index contributed by atoms with van der Waals surface area (Å²) in [5.41, 5.74) is 2.63. The van der Waals surface area contributed by atoms with E-state index in [2.05, 4.69) is 0 Å². The van der Waals surface area contributed by atoms with E-state index in [1.807, 2.05) is 31.2 Å². The van der Waals surface area contributed by atoms with E-state index in [1.54, 1.807) is 6.07 Å². The number of fused-ring (bicyclic) bond motifs is 1. The quantitative estimate of drug-likeness (QED) is 0.753. The minimum Gasteiger partial charge on any atom is -0.458 e. The maximum Gasteiger partial charge on any atom is 0.141 e. The van der Waals surface area contributed by atoms with Crippen LogP contribution >= 0.6 is 11.6 Å². The van der Waals surface area contributed by atoms with E-state index in [4.69, 9.17) is 16.0 Å². The van der Waals surface area contributed by atoms with Crippen molar-refractivity contribution >= 4 is 22.6 Å². The number of rotatable bonds is 3. The number of aryl methyl sites for hydroxylation is 1. The number of aliphatic hydroxyl groups excluding tert-OH is 1. The van der Waals surface area contributed by atoms with Gasteiger partial charge in [0.25, 0.3) is 0 Å². The molecule has 2 nitrogen and oxygen atoms in total. The molecule has 0 fully saturated rings. The molecule has 0 saturated heterocycles. The van der Waals surface area contributed by atoms with E-state index in [9.17, 15) is 9.50 Å². The molecule has 1 atom stereocenters. The molecule has 0 amide bonds. The van der Waals surface area contributed by atoms with Gasteiger partial charge in [-0.15, -0.1) is 0 Å². The number of furan rings is 1. The molecule has 0 bridgehead atoms. The number of hydrogen-bond acceptors (Lipinski definition) is 2. The Kier molecular flexibility index (Phi) is 3.70. The Morgan fingerprint density at radius 3 is 2.76 bits per heavy atom. The monoisotopic (exact) mass is 304 g/mol. The Morgan fingerprint density at radius 2 is 2.00 bits per heavy atom. The molecular formula is C17H14ClFO2. The number of halogens is 2. The van der Waals surface area contributed by atoms with E-state index in [-0.39, 0.29) is 5.02 Å². The Balaban J connectivity index is 1.85. The highest BCUT2D eigenvalue weighted by atomic mass is 35.5. The van der Waals surface area contributed by atoms with Gasteiger partial charge in [-0.1, -0.05) is 29.3 Å². The van der Waals surface area contributed by atoms with E-state index in [0.29, 0.717) is 12.2 Å². The first-order valence-corrected chi connectivity index (χ1v) is 7.03. The second-order valence-electron chi connectivity index (χ2n) is 5.16. The average molecular weight is 305 g/mol. The fourth-order valence-corrected chi connectivity index (χ4v) is 2.54. The summed E-state index contributed by atoms with van der Waals surface area (Å²) in [6.45, 7) is 2.00. The molecule has 1 unspecified atom stereocenters. The maximum absolute atomic E-state index is 13.1. The van der Waals surface area contributed by atoms with Crippen molar-refractivity contribution in [1.29, 1.82) is 0 Å². The van der Waals surface area contributed by atoms with Gasteiger partial charge in [0, 0.05) is 11.8 Å². The third kappa shape index (κ3) is 2.94. The first kappa shape index (κ1) is 14.1. The fourth-order valence-electron chi connectivity index (χ4n) is 2.34. The third-order valence-corrected chi connectivity index (χ3v) is 3.72. The summed E-state index contributed by atoms with van der Waals surface area (Å²) in [5.74, 6) is 0.0326. The lowest BCUT2D eigenvalue weighted by Gasteiger charge is -2.08. The van der Waals surface area contributed by atoms with Crippen LogP contribution in [0.2, 0.25) is 5.02 Å². The Bertz CT molecular complexity index is 795. The van der Waals surface area contributed by atoms with E-state index >= 15 is 0 Å². The summed E-state index contributed by atoms with van der Waals surface area (Å²) in [4.78, 5) is 0. The van der Waals surface area contributed by atoms with Crippen molar-refractivity contribution in [2.24, 2.45) is 0 Å². The zero-order chi connectivity index (χ0) is 15.0. The van der Waals surface area contributed by atoms with Gasteiger partial charge in [-0.3, -0.25) is 0 Å². The predicted octanol–water partition coefficient (Wildman–Crippen LogP) is 4.81. The van der Waals surface area contributed by atoms with Crippen molar-refractivity contribution in [2.75, 3.05) is 0 Å². The highest BCUT2D eigenvalue weighted by molar-refractivity contribution is 6.30. The average Bonchev–Trinajstić information content (AvgIpc) is 2.86. The van der Waals surface area contributed by atoms with Crippen molar-refractivity contribution in [3.63, 3.8) is 0 Å². The standard InChI is InChI=1S/C17H14ClFO2/c1-10-2-5-16-12(6-10)9-17(21-16)15(20)8-11-3-4-14(19)13(18)7-11/h2-7,9,15,20H,8H2,1H3. The van der Waals surface area contributed by atoms with Crippen LogP contribution in [0.15, 0.2) is 46.9 Å². The molecular weight excluding hydrogens is 291 g/mol. The largest absolute Gasteiger partial charge is 0.458 e. The van der Waals surface area contributed by atoms with E-state index < -0.39 is 11.9 Å². The number of hydrogen-bond donors (Lipinski definition) is 1. The summed E-state index contributed by atoms with van der Waals surface area (Å²) in [6.07, 6.45) is -0.474. The summed E-state index contributed by atoms with van der Waals surface area (Å²) in [6, 6.07) is 12.1. The van der Waals surface area contributed by atoms with Crippen molar-refractivity contribution in [3.05, 3.63) is 70.2 Å². The second-order valence-corrected chi connectivity index (χ2v) is 5.57. The second kappa shape index (κ2) is 5.51. The molecule has 1 heterocycles. The normalized spacial score (nSPS) is 12.8. The Morgan fingerprint density at radius 1 is 1.19 bits per heavy atom.